The fourth-order valence-corrected chi connectivity index (χ4v) is 1.58. The van der Waals surface area contributed by atoms with E-state index < -0.39 is 0 Å². The number of aromatic nitrogens is 2. The highest BCUT2D eigenvalue weighted by Crippen LogP contribution is 2.24. The lowest BCUT2D eigenvalue weighted by Crippen LogP contribution is -1.98. The monoisotopic (exact) mass is 234 g/mol. The van der Waals surface area contributed by atoms with E-state index in [-0.39, 0.29) is 11.7 Å². The quantitative estimate of drug-likeness (QED) is 0.881. The zero-order valence-electron chi connectivity index (χ0n) is 9.90. The highest BCUT2D eigenvalue weighted by atomic mass is 19.1. The summed E-state index contributed by atoms with van der Waals surface area (Å²) >= 11 is 0. The Morgan fingerprint density at radius 3 is 2.88 bits per heavy atom. The van der Waals surface area contributed by atoms with Crippen LogP contribution in [-0.2, 0) is 6.61 Å². The molecule has 2 rings (SSSR count). The zero-order chi connectivity index (χ0) is 12.3. The predicted molar refractivity (Wildman–Crippen MR) is 63.4 cm³/mol. The maximum absolute atomic E-state index is 13.5. The maximum Gasteiger partial charge on any atom is 0.130 e. The second kappa shape index (κ2) is 4.99. The molecule has 0 spiro atoms. The van der Waals surface area contributed by atoms with Gasteiger partial charge in [0.25, 0.3) is 0 Å². The van der Waals surface area contributed by atoms with Crippen molar-refractivity contribution >= 4 is 0 Å². The third-order valence-electron chi connectivity index (χ3n) is 2.54. The molecule has 3 nitrogen and oxygen atoms in total. The lowest BCUT2D eigenvalue weighted by molar-refractivity contribution is 0.301. The molecule has 0 radical (unpaired) electrons. The first-order valence-corrected chi connectivity index (χ1v) is 5.56. The van der Waals surface area contributed by atoms with Gasteiger partial charge in [-0.05, 0) is 29.7 Å². The summed E-state index contributed by atoms with van der Waals surface area (Å²) in [5, 5.41) is 0. The lowest BCUT2D eigenvalue weighted by atomic mass is 10.0. The minimum atomic E-state index is -0.186. The van der Waals surface area contributed by atoms with Crippen LogP contribution in [0.25, 0.3) is 0 Å². The lowest BCUT2D eigenvalue weighted by Gasteiger charge is -2.10. The first-order valence-electron chi connectivity index (χ1n) is 5.56. The smallest absolute Gasteiger partial charge is 0.130 e. The highest BCUT2D eigenvalue weighted by molar-refractivity contribution is 5.31. The molecular formula is C13H15FN2O. The molecule has 90 valence electrons. The van der Waals surface area contributed by atoms with Crippen molar-refractivity contribution in [2.24, 2.45) is 0 Å². The van der Waals surface area contributed by atoms with Crippen LogP contribution in [0.5, 0.6) is 5.75 Å². The van der Waals surface area contributed by atoms with Crippen molar-refractivity contribution in [3.8, 4) is 5.75 Å². The Labute approximate surface area is 99.7 Å². The molecule has 0 saturated carbocycles. The van der Waals surface area contributed by atoms with Gasteiger partial charge < -0.3 is 9.72 Å². The van der Waals surface area contributed by atoms with Crippen molar-refractivity contribution in [2.75, 3.05) is 0 Å². The first-order chi connectivity index (χ1) is 8.16. The Hall–Kier alpha value is -1.84. The summed E-state index contributed by atoms with van der Waals surface area (Å²) in [6.45, 7) is 4.32. The number of H-pyrrole nitrogens is 1. The Morgan fingerprint density at radius 1 is 1.41 bits per heavy atom. The highest BCUT2D eigenvalue weighted by Gasteiger charge is 2.08. The van der Waals surface area contributed by atoms with Gasteiger partial charge in [0.05, 0.1) is 18.2 Å². The zero-order valence-corrected chi connectivity index (χ0v) is 9.90. The number of rotatable bonds is 4. The molecule has 0 saturated heterocycles. The molecule has 4 heteroatoms. The third kappa shape index (κ3) is 2.84. The number of halogens is 1. The molecule has 1 N–H and O–H groups in total. The molecule has 1 aromatic heterocycles. The van der Waals surface area contributed by atoms with Gasteiger partial charge in [0.1, 0.15) is 18.2 Å². The molecule has 0 aliphatic rings. The Balaban J connectivity index is 2.09. The van der Waals surface area contributed by atoms with Crippen molar-refractivity contribution in [3.63, 3.8) is 0 Å². The van der Waals surface area contributed by atoms with Crippen LogP contribution < -0.4 is 4.74 Å². The van der Waals surface area contributed by atoms with E-state index >= 15 is 0 Å². The number of imidazole rings is 1. The van der Waals surface area contributed by atoms with Gasteiger partial charge in [-0.1, -0.05) is 13.8 Å². The molecule has 0 fully saturated rings. The van der Waals surface area contributed by atoms with Crippen molar-refractivity contribution in [2.45, 2.75) is 26.4 Å². The maximum atomic E-state index is 13.5. The van der Waals surface area contributed by atoms with Crippen LogP contribution in [0.1, 0.15) is 31.0 Å². The Morgan fingerprint density at radius 2 is 2.24 bits per heavy atom. The number of hydrogen-bond acceptors (Lipinski definition) is 2. The third-order valence-corrected chi connectivity index (χ3v) is 2.54. The van der Waals surface area contributed by atoms with Crippen LogP contribution in [0.3, 0.4) is 0 Å². The first kappa shape index (κ1) is 11.6. The summed E-state index contributed by atoms with van der Waals surface area (Å²) in [6, 6.07) is 4.82. The van der Waals surface area contributed by atoms with E-state index in [0.717, 1.165) is 5.69 Å². The molecular weight excluding hydrogens is 219 g/mol. The molecule has 1 heterocycles. The minimum absolute atomic E-state index is 0.144. The van der Waals surface area contributed by atoms with Crippen LogP contribution in [-0.4, -0.2) is 9.97 Å². The molecule has 0 atom stereocenters. The molecule has 1 aromatic carbocycles. The number of nitrogens with zero attached hydrogens (tertiary/aromatic N) is 1. The van der Waals surface area contributed by atoms with Crippen LogP contribution in [0, 0.1) is 5.82 Å². The minimum Gasteiger partial charge on any atom is -0.487 e. The average molecular weight is 234 g/mol. The van der Waals surface area contributed by atoms with Gasteiger partial charge in [-0.3, -0.25) is 0 Å². The summed E-state index contributed by atoms with van der Waals surface area (Å²) in [5.74, 6) is 0.629. The SMILES string of the molecule is CC(C)c1cc(OCc2cnc[nH]2)ccc1F. The number of hydrogen-bond donors (Lipinski definition) is 1. The molecule has 0 bridgehead atoms. The topological polar surface area (TPSA) is 37.9 Å². The largest absolute Gasteiger partial charge is 0.487 e. The van der Waals surface area contributed by atoms with E-state index in [4.69, 9.17) is 4.74 Å². The summed E-state index contributed by atoms with van der Waals surface area (Å²) in [4.78, 5) is 6.84. The van der Waals surface area contributed by atoms with Crippen LogP contribution in [0.2, 0.25) is 0 Å². The number of aromatic amines is 1. The molecule has 17 heavy (non-hydrogen) atoms. The average Bonchev–Trinajstić information content (AvgIpc) is 2.80. The summed E-state index contributed by atoms with van der Waals surface area (Å²) < 4.78 is 19.0. The van der Waals surface area contributed by atoms with Crippen molar-refractivity contribution in [1.82, 2.24) is 9.97 Å². The summed E-state index contributed by atoms with van der Waals surface area (Å²) in [6.07, 6.45) is 3.30. The molecule has 0 unspecified atom stereocenters. The number of benzene rings is 1. The number of ether oxygens (including phenoxy) is 1. The standard InChI is InChI=1S/C13H15FN2O/c1-9(2)12-5-11(3-4-13(12)14)17-7-10-6-15-8-16-10/h3-6,8-9H,7H2,1-2H3,(H,15,16). The van der Waals surface area contributed by atoms with E-state index in [1.165, 1.54) is 6.07 Å². The van der Waals surface area contributed by atoms with E-state index in [1.54, 1.807) is 24.7 Å². The molecule has 0 aliphatic heterocycles. The van der Waals surface area contributed by atoms with E-state index in [2.05, 4.69) is 9.97 Å². The van der Waals surface area contributed by atoms with Gasteiger partial charge >= 0.3 is 0 Å². The van der Waals surface area contributed by atoms with Crippen molar-refractivity contribution in [1.29, 1.82) is 0 Å². The van der Waals surface area contributed by atoms with Gasteiger partial charge in [-0.2, -0.15) is 0 Å². The van der Waals surface area contributed by atoms with Crippen LogP contribution >= 0.6 is 0 Å². The van der Waals surface area contributed by atoms with E-state index in [9.17, 15) is 4.39 Å². The van der Waals surface area contributed by atoms with Gasteiger partial charge in [0.2, 0.25) is 0 Å². The fourth-order valence-electron chi connectivity index (χ4n) is 1.58. The second-order valence-corrected chi connectivity index (χ2v) is 4.20. The number of nitrogens with one attached hydrogen (secondary N) is 1. The predicted octanol–water partition coefficient (Wildman–Crippen LogP) is 3.25. The van der Waals surface area contributed by atoms with Gasteiger partial charge in [-0.25, -0.2) is 9.37 Å². The van der Waals surface area contributed by atoms with E-state index in [1.807, 2.05) is 13.8 Å². The molecule has 0 aliphatic carbocycles. The van der Waals surface area contributed by atoms with Gasteiger partial charge in [0.15, 0.2) is 0 Å². The van der Waals surface area contributed by atoms with E-state index in [0.29, 0.717) is 17.9 Å². The fraction of sp³-hybridized carbons (Fsp3) is 0.308. The van der Waals surface area contributed by atoms with Crippen molar-refractivity contribution in [3.05, 3.63) is 47.8 Å². The normalized spacial score (nSPS) is 10.8. The van der Waals surface area contributed by atoms with Crippen molar-refractivity contribution < 1.29 is 9.13 Å². The second-order valence-electron chi connectivity index (χ2n) is 4.20. The van der Waals surface area contributed by atoms with Crippen LogP contribution in [0.15, 0.2) is 30.7 Å². The Bertz CT molecular complexity index is 480. The molecule has 0 amide bonds. The Kier molecular flexibility index (Phi) is 3.42. The van der Waals surface area contributed by atoms with Gasteiger partial charge in [0, 0.05) is 0 Å². The summed E-state index contributed by atoms with van der Waals surface area (Å²) in [7, 11) is 0. The van der Waals surface area contributed by atoms with Crippen LogP contribution in [0.4, 0.5) is 4.39 Å². The van der Waals surface area contributed by atoms with Gasteiger partial charge in [-0.15, -0.1) is 0 Å². The summed E-state index contributed by atoms with van der Waals surface area (Å²) in [5.41, 5.74) is 1.56. The molecule has 2 aromatic rings.